The van der Waals surface area contributed by atoms with Crippen LogP contribution in [0, 0.1) is 0 Å². The summed E-state index contributed by atoms with van der Waals surface area (Å²) in [5.74, 6) is 0. The molecule has 1 heterocycles. The van der Waals surface area contributed by atoms with Gasteiger partial charge in [-0.3, -0.25) is 0 Å². The molecule has 0 aliphatic carbocycles. The second-order valence-corrected chi connectivity index (χ2v) is 2.38. The highest BCUT2D eigenvalue weighted by molar-refractivity contribution is 4.55. The summed E-state index contributed by atoms with van der Waals surface area (Å²) in [4.78, 5) is 0. The maximum absolute atomic E-state index is 8.28. The van der Waals surface area contributed by atoms with Crippen LogP contribution in [0.2, 0.25) is 0 Å². The first-order valence-electron chi connectivity index (χ1n) is 3.86. The first kappa shape index (κ1) is 9.88. The third kappa shape index (κ3) is 6.01. The van der Waals surface area contributed by atoms with E-state index in [1.165, 1.54) is 5.06 Å². The largest absolute Gasteiger partial charge is 0.396 e. The van der Waals surface area contributed by atoms with Gasteiger partial charge >= 0.3 is 0 Å². The third-order valence-corrected chi connectivity index (χ3v) is 1.34. The van der Waals surface area contributed by atoms with Crippen molar-refractivity contribution in [3.63, 3.8) is 0 Å². The monoisotopic (exact) mass is 147 g/mol. The standard InChI is InChI=1S/C4H10O.C3H7NO/c1-2-3-4-5;5-4-2-1-3-4/h5H,2-4H2,1H3;5H,1-3H2. The minimum atomic E-state index is 0.344. The fraction of sp³-hybridized carbons (Fsp3) is 1.00. The average Bonchev–Trinajstić information content (AvgIpc) is 1.87. The van der Waals surface area contributed by atoms with Crippen molar-refractivity contribution < 1.29 is 10.3 Å². The molecule has 0 aromatic carbocycles. The average molecular weight is 147 g/mol. The van der Waals surface area contributed by atoms with Crippen molar-refractivity contribution in [3.05, 3.63) is 0 Å². The number of hydrogen-bond acceptors (Lipinski definition) is 3. The molecule has 1 aliphatic heterocycles. The summed E-state index contributed by atoms with van der Waals surface area (Å²) < 4.78 is 0. The molecule has 0 amide bonds. The van der Waals surface area contributed by atoms with Gasteiger partial charge in [0.15, 0.2) is 0 Å². The van der Waals surface area contributed by atoms with Crippen LogP contribution in [0.5, 0.6) is 0 Å². The van der Waals surface area contributed by atoms with Crippen LogP contribution in [0.3, 0.4) is 0 Å². The van der Waals surface area contributed by atoms with Gasteiger partial charge in [-0.05, 0) is 12.8 Å². The van der Waals surface area contributed by atoms with E-state index in [1.54, 1.807) is 0 Å². The van der Waals surface area contributed by atoms with Gasteiger partial charge in [0.25, 0.3) is 0 Å². The SMILES string of the molecule is CCCCO.ON1CCC1. The van der Waals surface area contributed by atoms with Crippen LogP contribution in [0.1, 0.15) is 26.2 Å². The van der Waals surface area contributed by atoms with Crippen molar-refractivity contribution in [1.82, 2.24) is 5.06 Å². The van der Waals surface area contributed by atoms with Gasteiger partial charge in [-0.25, -0.2) is 0 Å². The van der Waals surface area contributed by atoms with Crippen molar-refractivity contribution in [1.29, 1.82) is 0 Å². The Kier molecular flexibility index (Phi) is 6.91. The molecule has 0 aromatic rings. The van der Waals surface area contributed by atoms with E-state index in [-0.39, 0.29) is 0 Å². The fourth-order valence-electron chi connectivity index (χ4n) is 0.458. The molecular formula is C7H17NO2. The lowest BCUT2D eigenvalue weighted by molar-refractivity contribution is -0.137. The highest BCUT2D eigenvalue weighted by Gasteiger charge is 2.07. The fourth-order valence-corrected chi connectivity index (χ4v) is 0.458. The van der Waals surface area contributed by atoms with E-state index in [2.05, 4.69) is 6.92 Å². The molecule has 3 heteroatoms. The third-order valence-electron chi connectivity index (χ3n) is 1.34. The molecule has 0 unspecified atom stereocenters. The van der Waals surface area contributed by atoms with Crippen molar-refractivity contribution in [2.75, 3.05) is 19.7 Å². The Bertz CT molecular complexity index is 62.6. The summed E-state index contributed by atoms with van der Waals surface area (Å²) in [6.07, 6.45) is 3.20. The molecule has 0 aromatic heterocycles. The van der Waals surface area contributed by atoms with E-state index in [1.807, 2.05) is 0 Å². The second-order valence-electron chi connectivity index (χ2n) is 2.38. The molecule has 0 bridgehead atoms. The predicted octanol–water partition coefficient (Wildman–Crippen LogP) is 0.860. The van der Waals surface area contributed by atoms with E-state index in [0.717, 1.165) is 32.4 Å². The number of aliphatic hydroxyl groups is 1. The van der Waals surface area contributed by atoms with Gasteiger partial charge in [-0.15, -0.1) is 0 Å². The normalized spacial score (nSPS) is 17.1. The van der Waals surface area contributed by atoms with E-state index in [0.29, 0.717) is 6.61 Å². The summed E-state index contributed by atoms with van der Waals surface area (Å²) in [5.41, 5.74) is 0. The van der Waals surface area contributed by atoms with Gasteiger partial charge in [-0.1, -0.05) is 13.3 Å². The number of rotatable bonds is 2. The van der Waals surface area contributed by atoms with Crippen LogP contribution in [0.25, 0.3) is 0 Å². The van der Waals surface area contributed by atoms with Gasteiger partial charge in [-0.2, -0.15) is 5.06 Å². The lowest BCUT2D eigenvalue weighted by Crippen LogP contribution is -2.33. The van der Waals surface area contributed by atoms with Crippen molar-refractivity contribution >= 4 is 0 Å². The summed E-state index contributed by atoms with van der Waals surface area (Å²) in [6.45, 7) is 4.15. The molecule has 1 fully saturated rings. The number of aliphatic hydroxyl groups excluding tert-OH is 1. The lowest BCUT2D eigenvalue weighted by atomic mass is 10.3. The first-order valence-corrected chi connectivity index (χ1v) is 3.86. The highest BCUT2D eigenvalue weighted by atomic mass is 16.5. The quantitative estimate of drug-likeness (QED) is 0.609. The highest BCUT2D eigenvalue weighted by Crippen LogP contribution is 1.97. The summed E-state index contributed by atoms with van der Waals surface area (Å²) >= 11 is 0. The Morgan fingerprint density at radius 1 is 1.40 bits per heavy atom. The van der Waals surface area contributed by atoms with E-state index in [9.17, 15) is 0 Å². The maximum Gasteiger partial charge on any atom is 0.0430 e. The summed E-state index contributed by atoms with van der Waals surface area (Å²) in [5, 5.41) is 17.7. The van der Waals surface area contributed by atoms with Crippen molar-refractivity contribution in [2.45, 2.75) is 26.2 Å². The van der Waals surface area contributed by atoms with Crippen molar-refractivity contribution in [2.24, 2.45) is 0 Å². The van der Waals surface area contributed by atoms with Crippen LogP contribution < -0.4 is 0 Å². The van der Waals surface area contributed by atoms with Crippen LogP contribution in [0.15, 0.2) is 0 Å². The van der Waals surface area contributed by atoms with Gasteiger partial charge < -0.3 is 10.3 Å². The Morgan fingerprint density at radius 2 is 1.90 bits per heavy atom. The molecule has 0 atom stereocenters. The van der Waals surface area contributed by atoms with Crippen LogP contribution in [-0.4, -0.2) is 35.1 Å². The minimum Gasteiger partial charge on any atom is -0.396 e. The van der Waals surface area contributed by atoms with E-state index in [4.69, 9.17) is 10.3 Å². The van der Waals surface area contributed by atoms with Gasteiger partial charge in [0, 0.05) is 19.7 Å². The lowest BCUT2D eigenvalue weighted by Gasteiger charge is -2.22. The van der Waals surface area contributed by atoms with E-state index < -0.39 is 0 Å². The van der Waals surface area contributed by atoms with Crippen molar-refractivity contribution in [3.8, 4) is 0 Å². The second kappa shape index (κ2) is 6.99. The Labute approximate surface area is 62.2 Å². The molecular weight excluding hydrogens is 130 g/mol. The van der Waals surface area contributed by atoms with Gasteiger partial charge in [0.2, 0.25) is 0 Å². The molecule has 2 N–H and O–H groups in total. The molecule has 0 spiro atoms. The number of hydroxylamine groups is 2. The van der Waals surface area contributed by atoms with Gasteiger partial charge in [0.05, 0.1) is 0 Å². The molecule has 3 nitrogen and oxygen atoms in total. The number of nitrogens with zero attached hydrogens (tertiary/aromatic N) is 1. The zero-order valence-electron chi connectivity index (χ0n) is 6.58. The molecule has 1 aliphatic rings. The predicted molar refractivity (Wildman–Crippen MR) is 40.0 cm³/mol. The van der Waals surface area contributed by atoms with Crippen LogP contribution in [0.4, 0.5) is 0 Å². The zero-order chi connectivity index (χ0) is 7.82. The number of unbranched alkanes of at least 4 members (excludes halogenated alkanes) is 1. The summed E-state index contributed by atoms with van der Waals surface area (Å²) in [7, 11) is 0. The van der Waals surface area contributed by atoms with Crippen LogP contribution in [-0.2, 0) is 0 Å². The molecule has 1 rings (SSSR count). The summed E-state index contributed by atoms with van der Waals surface area (Å²) in [6, 6.07) is 0. The van der Waals surface area contributed by atoms with E-state index >= 15 is 0 Å². The maximum atomic E-state index is 8.28. The topological polar surface area (TPSA) is 43.7 Å². The molecule has 1 saturated heterocycles. The molecule has 10 heavy (non-hydrogen) atoms. The van der Waals surface area contributed by atoms with Gasteiger partial charge in [0.1, 0.15) is 0 Å². The van der Waals surface area contributed by atoms with Crippen LogP contribution >= 0.6 is 0 Å². The Balaban J connectivity index is 0.000000162. The first-order chi connectivity index (χ1) is 4.81. The Morgan fingerprint density at radius 3 is 1.90 bits per heavy atom. The molecule has 62 valence electrons. The molecule has 0 radical (unpaired) electrons. The molecule has 0 saturated carbocycles. The number of hydrogen-bond donors (Lipinski definition) is 2. The zero-order valence-corrected chi connectivity index (χ0v) is 6.58. The smallest absolute Gasteiger partial charge is 0.0430 e. The minimum absolute atomic E-state index is 0.344. The Hall–Kier alpha value is -0.120.